The maximum absolute atomic E-state index is 8.65. The van der Waals surface area contributed by atoms with E-state index in [0.29, 0.717) is 0 Å². The van der Waals surface area contributed by atoms with E-state index in [1.165, 1.54) is 24.3 Å². The largest absolute Gasteiger partial charge is 0.508 e. The fraction of sp³-hybridized carbons (Fsp3) is 0.400. The lowest BCUT2D eigenvalue weighted by Crippen LogP contribution is -1.61. The second-order valence-corrected chi connectivity index (χ2v) is 2.24. The summed E-state index contributed by atoms with van der Waals surface area (Å²) in [4.78, 5) is 0. The Labute approximate surface area is 84.4 Å². The molecule has 0 atom stereocenters. The van der Waals surface area contributed by atoms with Gasteiger partial charge in [0.25, 0.3) is 0 Å². The minimum Gasteiger partial charge on any atom is -0.508 e. The molecular formula is C10H18O4. The lowest BCUT2D eigenvalue weighted by Gasteiger charge is -1.88. The first-order valence-electron chi connectivity index (χ1n) is 4.11. The van der Waals surface area contributed by atoms with E-state index in [2.05, 4.69) is 4.74 Å². The smallest absolute Gasteiger partial charge is 0.115 e. The van der Waals surface area contributed by atoms with Gasteiger partial charge in [0.15, 0.2) is 0 Å². The minimum absolute atomic E-state index is 0.169. The molecule has 0 spiro atoms. The van der Waals surface area contributed by atoms with Crippen LogP contribution in [-0.4, -0.2) is 36.1 Å². The molecule has 14 heavy (non-hydrogen) atoms. The third-order valence-electron chi connectivity index (χ3n) is 0.850. The molecule has 0 bridgehead atoms. The molecule has 0 fully saturated rings. The van der Waals surface area contributed by atoms with Gasteiger partial charge in [-0.05, 0) is 31.2 Å². The third-order valence-corrected chi connectivity index (χ3v) is 0.850. The third kappa shape index (κ3) is 13.3. The number of methoxy groups -OCH3 is 1. The number of hydrogen-bond donors (Lipinski definition) is 3. The zero-order valence-electron chi connectivity index (χ0n) is 8.77. The van der Waals surface area contributed by atoms with Crippen LogP contribution in [0.5, 0.6) is 11.5 Å². The predicted octanol–water partition coefficient (Wildman–Crippen LogP) is 1.36. The standard InChI is InChI=1S/C6H6O2.2C2H6O/c7-5-1-2-6(8)4-3-5;1-3-2;1-2-3/h1-4,7-8H;1-2H3;3H,2H2,1H3. The van der Waals surface area contributed by atoms with E-state index in [1.54, 1.807) is 21.1 Å². The minimum atomic E-state index is 0.169. The fourth-order valence-electron chi connectivity index (χ4n) is 0.453. The molecule has 82 valence electrons. The van der Waals surface area contributed by atoms with Crippen molar-refractivity contribution in [2.75, 3.05) is 20.8 Å². The number of phenols is 2. The molecule has 0 aliphatic rings. The van der Waals surface area contributed by atoms with Crippen molar-refractivity contribution in [2.45, 2.75) is 6.92 Å². The van der Waals surface area contributed by atoms with Crippen LogP contribution < -0.4 is 0 Å². The number of aliphatic hydroxyl groups excluding tert-OH is 1. The molecule has 0 amide bonds. The summed E-state index contributed by atoms with van der Waals surface area (Å²) in [6, 6.07) is 5.70. The first kappa shape index (κ1) is 15.2. The Balaban J connectivity index is 0. The van der Waals surface area contributed by atoms with Gasteiger partial charge in [-0.25, -0.2) is 0 Å². The number of ether oxygens (including phenoxy) is 1. The Hall–Kier alpha value is -1.26. The van der Waals surface area contributed by atoms with Crippen LogP contribution in [0.25, 0.3) is 0 Å². The molecule has 1 rings (SSSR count). The maximum atomic E-state index is 8.65. The highest BCUT2D eigenvalue weighted by atomic mass is 16.4. The van der Waals surface area contributed by atoms with Gasteiger partial charge in [0.1, 0.15) is 11.5 Å². The molecule has 0 radical (unpaired) electrons. The molecule has 0 aliphatic heterocycles. The van der Waals surface area contributed by atoms with Crippen LogP contribution in [0.4, 0.5) is 0 Å². The molecule has 1 aromatic carbocycles. The van der Waals surface area contributed by atoms with Crippen molar-refractivity contribution >= 4 is 0 Å². The zero-order chi connectivity index (χ0) is 11.4. The Morgan fingerprint density at radius 3 is 1.29 bits per heavy atom. The number of aliphatic hydroxyl groups is 1. The van der Waals surface area contributed by atoms with E-state index >= 15 is 0 Å². The summed E-state index contributed by atoms with van der Waals surface area (Å²) < 4.78 is 4.25. The SMILES string of the molecule is CCO.COC.Oc1ccc(O)cc1. The summed E-state index contributed by atoms with van der Waals surface area (Å²) in [7, 11) is 3.25. The van der Waals surface area contributed by atoms with Gasteiger partial charge in [0, 0.05) is 20.8 Å². The summed E-state index contributed by atoms with van der Waals surface area (Å²) in [5.74, 6) is 0.339. The van der Waals surface area contributed by atoms with Gasteiger partial charge in [-0.15, -0.1) is 0 Å². The molecule has 4 nitrogen and oxygen atoms in total. The molecule has 4 heteroatoms. The lowest BCUT2D eigenvalue weighted by molar-refractivity contribution is 0.277. The van der Waals surface area contributed by atoms with Crippen molar-refractivity contribution in [1.82, 2.24) is 0 Å². The predicted molar refractivity (Wildman–Crippen MR) is 55.5 cm³/mol. The molecule has 1 aromatic rings. The Morgan fingerprint density at radius 2 is 1.14 bits per heavy atom. The molecule has 0 aromatic heterocycles. The number of rotatable bonds is 0. The zero-order valence-corrected chi connectivity index (χ0v) is 8.77. The van der Waals surface area contributed by atoms with Gasteiger partial charge < -0.3 is 20.1 Å². The average molecular weight is 202 g/mol. The van der Waals surface area contributed by atoms with Gasteiger partial charge in [0.2, 0.25) is 0 Å². The van der Waals surface area contributed by atoms with Gasteiger partial charge in [-0.2, -0.15) is 0 Å². The highest BCUT2D eigenvalue weighted by molar-refractivity contribution is 5.28. The Bertz CT molecular complexity index is 173. The van der Waals surface area contributed by atoms with Gasteiger partial charge >= 0.3 is 0 Å². The lowest BCUT2D eigenvalue weighted by atomic mass is 10.3. The van der Waals surface area contributed by atoms with Crippen molar-refractivity contribution in [3.63, 3.8) is 0 Å². The first-order chi connectivity index (χ1) is 6.62. The summed E-state index contributed by atoms with van der Waals surface area (Å²) in [6.45, 7) is 1.93. The van der Waals surface area contributed by atoms with Crippen molar-refractivity contribution in [2.24, 2.45) is 0 Å². The van der Waals surface area contributed by atoms with Crippen molar-refractivity contribution in [3.8, 4) is 11.5 Å². The number of phenolic OH excluding ortho intramolecular Hbond substituents is 2. The molecule has 0 saturated heterocycles. The maximum Gasteiger partial charge on any atom is 0.115 e. The van der Waals surface area contributed by atoms with E-state index < -0.39 is 0 Å². The van der Waals surface area contributed by atoms with Crippen molar-refractivity contribution < 1.29 is 20.1 Å². The summed E-state index contributed by atoms with van der Waals surface area (Å²) in [6.07, 6.45) is 0. The van der Waals surface area contributed by atoms with Crippen LogP contribution in [-0.2, 0) is 4.74 Å². The van der Waals surface area contributed by atoms with E-state index in [1.807, 2.05) is 0 Å². The van der Waals surface area contributed by atoms with Gasteiger partial charge in [-0.1, -0.05) is 0 Å². The second kappa shape index (κ2) is 11.7. The number of benzene rings is 1. The van der Waals surface area contributed by atoms with E-state index in [9.17, 15) is 0 Å². The van der Waals surface area contributed by atoms with E-state index in [4.69, 9.17) is 15.3 Å². The van der Waals surface area contributed by atoms with Crippen LogP contribution in [0, 0.1) is 0 Å². The van der Waals surface area contributed by atoms with Crippen LogP contribution in [0.2, 0.25) is 0 Å². The Morgan fingerprint density at radius 1 is 1.00 bits per heavy atom. The van der Waals surface area contributed by atoms with Crippen LogP contribution in [0.15, 0.2) is 24.3 Å². The summed E-state index contributed by atoms with van der Waals surface area (Å²) in [5.41, 5.74) is 0. The summed E-state index contributed by atoms with van der Waals surface area (Å²) in [5, 5.41) is 24.9. The van der Waals surface area contributed by atoms with Gasteiger partial charge in [-0.3, -0.25) is 0 Å². The monoisotopic (exact) mass is 202 g/mol. The first-order valence-corrected chi connectivity index (χ1v) is 4.11. The van der Waals surface area contributed by atoms with Crippen molar-refractivity contribution in [3.05, 3.63) is 24.3 Å². The van der Waals surface area contributed by atoms with E-state index in [-0.39, 0.29) is 18.1 Å². The normalized spacial score (nSPS) is 7.71. The van der Waals surface area contributed by atoms with Crippen LogP contribution in [0.1, 0.15) is 6.92 Å². The molecule has 0 aliphatic carbocycles. The average Bonchev–Trinajstić information content (AvgIpc) is 2.13. The molecule has 3 N–H and O–H groups in total. The van der Waals surface area contributed by atoms with E-state index in [0.717, 1.165) is 0 Å². The summed E-state index contributed by atoms with van der Waals surface area (Å²) >= 11 is 0. The van der Waals surface area contributed by atoms with Crippen molar-refractivity contribution in [1.29, 1.82) is 0 Å². The van der Waals surface area contributed by atoms with Gasteiger partial charge in [0.05, 0.1) is 0 Å². The molecule has 0 heterocycles. The van der Waals surface area contributed by atoms with Crippen LogP contribution in [0.3, 0.4) is 0 Å². The quantitative estimate of drug-likeness (QED) is 0.555. The highest BCUT2D eigenvalue weighted by Gasteiger charge is 1.84. The highest BCUT2D eigenvalue weighted by Crippen LogP contribution is 2.13. The Kier molecular flexibility index (Phi) is 12.8. The topological polar surface area (TPSA) is 69.9 Å². The number of aromatic hydroxyl groups is 2. The number of hydrogen-bond acceptors (Lipinski definition) is 4. The molecular weight excluding hydrogens is 184 g/mol. The molecule has 0 saturated carbocycles. The van der Waals surface area contributed by atoms with Crippen LogP contribution >= 0.6 is 0 Å². The fourth-order valence-corrected chi connectivity index (χ4v) is 0.453. The molecule has 0 unspecified atom stereocenters. The second-order valence-electron chi connectivity index (χ2n) is 2.24.